The zero-order valence-corrected chi connectivity index (χ0v) is 12.7. The van der Waals surface area contributed by atoms with Crippen molar-refractivity contribution in [2.75, 3.05) is 0 Å². The molecule has 1 heterocycles. The molecule has 2 N–H and O–H groups in total. The molecule has 3 rings (SSSR count). The van der Waals surface area contributed by atoms with Crippen LogP contribution in [0.5, 0.6) is 0 Å². The smallest absolute Gasteiger partial charge is 0.200 e. The molecule has 6 heteroatoms. The molecule has 1 aromatic carbocycles. The number of halogens is 1. The van der Waals surface area contributed by atoms with Crippen LogP contribution in [-0.4, -0.2) is 19.9 Å². The summed E-state index contributed by atoms with van der Waals surface area (Å²) in [5, 5.41) is 16.9. The minimum Gasteiger partial charge on any atom is -0.512 e. The first kappa shape index (κ1) is 14.5. The lowest BCUT2D eigenvalue weighted by Crippen LogP contribution is -2.04. The van der Waals surface area contributed by atoms with Crippen LogP contribution in [0.2, 0.25) is 0 Å². The molecule has 4 nitrogen and oxygen atoms in total. The van der Waals surface area contributed by atoms with Gasteiger partial charge in [-0.1, -0.05) is 18.2 Å². The molecule has 22 heavy (non-hydrogen) atoms. The van der Waals surface area contributed by atoms with Crippen molar-refractivity contribution < 1.29 is 9.50 Å². The van der Waals surface area contributed by atoms with Gasteiger partial charge >= 0.3 is 0 Å². The summed E-state index contributed by atoms with van der Waals surface area (Å²) in [5.74, 6) is 0.553. The Kier molecular flexibility index (Phi) is 3.77. The lowest BCUT2D eigenvalue weighted by Gasteiger charge is -2.11. The van der Waals surface area contributed by atoms with E-state index in [0.717, 1.165) is 16.8 Å². The number of hydrogen-bond donors (Lipinski definition) is 2. The number of aromatic amines is 1. The van der Waals surface area contributed by atoms with E-state index in [2.05, 4.69) is 10.2 Å². The van der Waals surface area contributed by atoms with Crippen LogP contribution in [0.15, 0.2) is 48.3 Å². The number of nitrogens with one attached hydrogen (secondary N) is 1. The third kappa shape index (κ3) is 2.65. The zero-order chi connectivity index (χ0) is 15.7. The molecule has 0 saturated heterocycles. The van der Waals surface area contributed by atoms with Crippen LogP contribution in [0.1, 0.15) is 17.8 Å². The van der Waals surface area contributed by atoms with Gasteiger partial charge in [-0.25, -0.2) is 4.39 Å². The summed E-state index contributed by atoms with van der Waals surface area (Å²) < 4.78 is 15.5. The van der Waals surface area contributed by atoms with Crippen molar-refractivity contribution in [3.63, 3.8) is 0 Å². The largest absolute Gasteiger partial charge is 0.512 e. The molecule has 2 aromatic rings. The minimum atomic E-state index is -0.296. The fourth-order valence-electron chi connectivity index (χ4n) is 2.41. The van der Waals surface area contributed by atoms with Gasteiger partial charge in [0.25, 0.3) is 0 Å². The van der Waals surface area contributed by atoms with Crippen LogP contribution in [0.25, 0.3) is 11.3 Å². The maximum atomic E-state index is 13.3. The van der Waals surface area contributed by atoms with Crippen LogP contribution in [0.3, 0.4) is 0 Å². The fraction of sp³-hybridized carbons (Fsp3) is 0.125. The highest BCUT2D eigenvalue weighted by Gasteiger charge is 2.16. The number of allylic oxidation sites excluding steroid dienone is 5. The van der Waals surface area contributed by atoms with Crippen LogP contribution in [0, 0.1) is 17.5 Å². The summed E-state index contributed by atoms with van der Waals surface area (Å²) >= 11 is 5.31. The second-order valence-electron chi connectivity index (χ2n) is 5.03. The monoisotopic (exact) mass is 315 g/mol. The molecule has 0 amide bonds. The third-order valence-corrected chi connectivity index (χ3v) is 3.70. The van der Waals surface area contributed by atoms with Crippen LogP contribution >= 0.6 is 12.2 Å². The van der Waals surface area contributed by atoms with Crippen LogP contribution in [-0.2, 0) is 0 Å². The fourth-order valence-corrected chi connectivity index (χ4v) is 2.64. The minimum absolute atomic E-state index is 0.247. The lowest BCUT2D eigenvalue weighted by molar-refractivity contribution is 0.403. The van der Waals surface area contributed by atoms with E-state index in [1.165, 1.54) is 12.1 Å². The second-order valence-corrected chi connectivity index (χ2v) is 5.42. The van der Waals surface area contributed by atoms with E-state index in [9.17, 15) is 9.50 Å². The molecule has 0 atom stereocenters. The molecule has 0 radical (unpaired) electrons. The van der Waals surface area contributed by atoms with E-state index in [1.54, 1.807) is 22.8 Å². The first-order valence-electron chi connectivity index (χ1n) is 6.76. The van der Waals surface area contributed by atoms with E-state index in [-0.39, 0.29) is 11.6 Å². The van der Waals surface area contributed by atoms with Gasteiger partial charge in [0, 0.05) is 12.0 Å². The van der Waals surface area contributed by atoms with Gasteiger partial charge < -0.3 is 5.11 Å². The van der Waals surface area contributed by atoms with Crippen molar-refractivity contribution in [2.24, 2.45) is 0 Å². The highest BCUT2D eigenvalue weighted by Crippen LogP contribution is 2.26. The zero-order valence-electron chi connectivity index (χ0n) is 11.9. The predicted molar refractivity (Wildman–Crippen MR) is 85.9 cm³/mol. The topological polar surface area (TPSA) is 53.8 Å². The SMILES string of the molecule is Cc1cc(F)ccc1-n1c(C2=CC=CC=C(O)C2)n[nH]c1=S. The predicted octanol–water partition coefficient (Wildman–Crippen LogP) is 4.16. The van der Waals surface area contributed by atoms with Gasteiger partial charge in [0.1, 0.15) is 5.82 Å². The lowest BCUT2D eigenvalue weighted by atomic mass is 10.1. The summed E-state index contributed by atoms with van der Waals surface area (Å²) in [4.78, 5) is 0. The molecule has 0 bridgehead atoms. The highest BCUT2D eigenvalue weighted by molar-refractivity contribution is 7.71. The Morgan fingerprint density at radius 2 is 2.09 bits per heavy atom. The summed E-state index contributed by atoms with van der Waals surface area (Å²) in [6.07, 6.45) is 7.46. The Bertz CT molecular complexity index is 874. The Balaban J connectivity index is 2.17. The normalized spacial score (nSPS) is 14.5. The first-order chi connectivity index (χ1) is 10.6. The van der Waals surface area contributed by atoms with Gasteiger partial charge in [0.2, 0.25) is 0 Å². The van der Waals surface area contributed by atoms with E-state index in [0.29, 0.717) is 17.0 Å². The van der Waals surface area contributed by atoms with Gasteiger partial charge in [-0.2, -0.15) is 5.10 Å². The summed E-state index contributed by atoms with van der Waals surface area (Å²) in [6, 6.07) is 4.51. The highest BCUT2D eigenvalue weighted by atomic mass is 32.1. The van der Waals surface area contributed by atoms with Gasteiger partial charge in [-0.3, -0.25) is 9.67 Å². The molecule has 0 unspecified atom stereocenters. The van der Waals surface area contributed by atoms with Gasteiger partial charge in [0.05, 0.1) is 11.4 Å². The molecule has 1 aromatic heterocycles. The van der Waals surface area contributed by atoms with Crippen molar-refractivity contribution in [1.82, 2.24) is 14.8 Å². The Morgan fingerprint density at radius 3 is 2.86 bits per heavy atom. The summed E-state index contributed by atoms with van der Waals surface area (Å²) in [5.41, 5.74) is 2.33. The number of aromatic nitrogens is 3. The average molecular weight is 315 g/mol. The van der Waals surface area contributed by atoms with E-state index < -0.39 is 0 Å². The van der Waals surface area contributed by atoms with E-state index in [1.807, 2.05) is 19.1 Å². The Hall–Kier alpha value is -2.47. The molecule has 112 valence electrons. The standard InChI is InChI=1S/C16H14FN3OS/c1-10-8-12(17)6-7-14(10)20-15(18-19-16(20)22)11-4-2-3-5-13(21)9-11/h2-8,21H,9H2,1H3,(H,19,22). The number of hydrogen-bond acceptors (Lipinski definition) is 3. The third-order valence-electron chi connectivity index (χ3n) is 3.43. The van der Waals surface area contributed by atoms with Crippen molar-refractivity contribution in [2.45, 2.75) is 13.3 Å². The molecule has 0 aliphatic heterocycles. The number of benzene rings is 1. The number of H-pyrrole nitrogens is 1. The quantitative estimate of drug-likeness (QED) is 0.818. The van der Waals surface area contributed by atoms with Gasteiger partial charge in [-0.15, -0.1) is 0 Å². The number of aliphatic hydroxyl groups excluding tert-OH is 1. The van der Waals surface area contributed by atoms with Gasteiger partial charge in [-0.05, 0) is 49.0 Å². The molecule has 1 aliphatic rings. The molecular weight excluding hydrogens is 301 g/mol. The number of rotatable bonds is 2. The second kappa shape index (κ2) is 5.73. The van der Waals surface area contributed by atoms with Crippen LogP contribution in [0.4, 0.5) is 4.39 Å². The maximum Gasteiger partial charge on any atom is 0.200 e. The number of aryl methyl sites for hydroxylation is 1. The number of aliphatic hydroxyl groups is 1. The molecule has 1 aliphatic carbocycles. The van der Waals surface area contributed by atoms with Crippen LogP contribution < -0.4 is 0 Å². The molecule has 0 spiro atoms. The average Bonchev–Trinajstić information content (AvgIpc) is 2.70. The Labute approximate surface area is 131 Å². The van der Waals surface area contributed by atoms with Crippen molar-refractivity contribution in [3.8, 4) is 5.69 Å². The summed E-state index contributed by atoms with van der Waals surface area (Å²) in [6.45, 7) is 1.82. The van der Waals surface area contributed by atoms with Gasteiger partial charge in [0.15, 0.2) is 10.6 Å². The molecule has 0 fully saturated rings. The van der Waals surface area contributed by atoms with Crippen molar-refractivity contribution in [1.29, 1.82) is 0 Å². The molecular formula is C16H14FN3OS. The van der Waals surface area contributed by atoms with Crippen molar-refractivity contribution in [3.05, 3.63) is 70.2 Å². The van der Waals surface area contributed by atoms with E-state index in [4.69, 9.17) is 12.2 Å². The van der Waals surface area contributed by atoms with Crippen molar-refractivity contribution >= 4 is 17.8 Å². The maximum absolute atomic E-state index is 13.3. The Morgan fingerprint density at radius 1 is 1.32 bits per heavy atom. The summed E-state index contributed by atoms with van der Waals surface area (Å²) in [7, 11) is 0. The molecule has 0 saturated carbocycles. The first-order valence-corrected chi connectivity index (χ1v) is 7.17. The van der Waals surface area contributed by atoms with E-state index >= 15 is 0 Å². The number of nitrogens with zero attached hydrogens (tertiary/aromatic N) is 2.